The normalized spacial score (nSPS) is 16.2. The molecule has 0 aliphatic carbocycles. The molecule has 4 nitrogen and oxygen atoms in total. The van der Waals surface area contributed by atoms with Gasteiger partial charge >= 0.3 is 0 Å². The number of ether oxygens (including phenoxy) is 1. The number of nitrogens with zero attached hydrogens (tertiary/aromatic N) is 1. The molecule has 0 unspecified atom stereocenters. The first-order valence-electron chi connectivity index (χ1n) is 12.0. The van der Waals surface area contributed by atoms with E-state index in [4.69, 9.17) is 4.74 Å². The lowest BCUT2D eigenvalue weighted by molar-refractivity contribution is 0.306. The number of hydrogen-bond donors (Lipinski definition) is 0. The maximum Gasteiger partial charge on any atom is 0.243 e. The summed E-state index contributed by atoms with van der Waals surface area (Å²) < 4.78 is 35.3. The summed E-state index contributed by atoms with van der Waals surface area (Å²) in [6.45, 7) is 2.84. The zero-order chi connectivity index (χ0) is 25.0. The summed E-state index contributed by atoms with van der Waals surface area (Å²) in [4.78, 5) is 1.49. The van der Waals surface area contributed by atoms with E-state index in [2.05, 4.69) is 6.07 Å². The highest BCUT2D eigenvalue weighted by Gasteiger charge is 2.34. The van der Waals surface area contributed by atoms with Gasteiger partial charge in [-0.1, -0.05) is 78.4 Å². The molecular weight excluding hydrogens is 486 g/mol. The molecule has 0 saturated heterocycles. The van der Waals surface area contributed by atoms with Gasteiger partial charge in [-0.2, -0.15) is 4.31 Å². The number of hydrogen-bond acceptors (Lipinski definition) is 4. The third-order valence-electron chi connectivity index (χ3n) is 6.41. The van der Waals surface area contributed by atoms with E-state index in [0.717, 1.165) is 32.9 Å². The molecule has 0 aromatic heterocycles. The Balaban J connectivity index is 1.37. The van der Waals surface area contributed by atoms with Crippen LogP contribution >= 0.6 is 11.8 Å². The molecule has 0 N–H and O–H groups in total. The number of aryl methyl sites for hydroxylation is 1. The largest absolute Gasteiger partial charge is 0.489 e. The average molecular weight is 516 g/mol. The second-order valence-corrected chi connectivity index (χ2v) is 12.0. The van der Waals surface area contributed by atoms with Crippen molar-refractivity contribution in [2.24, 2.45) is 0 Å². The van der Waals surface area contributed by atoms with E-state index in [9.17, 15) is 8.42 Å². The van der Waals surface area contributed by atoms with E-state index < -0.39 is 10.0 Å². The summed E-state index contributed by atoms with van der Waals surface area (Å²) >= 11 is 1.73. The van der Waals surface area contributed by atoms with Crippen molar-refractivity contribution in [1.29, 1.82) is 0 Å². The van der Waals surface area contributed by atoms with E-state index in [1.807, 2.05) is 91.9 Å². The summed E-state index contributed by atoms with van der Waals surface area (Å²) in [5.41, 5.74) is 4.29. The fraction of sp³-hybridized carbons (Fsp3) is 0.200. The van der Waals surface area contributed by atoms with Gasteiger partial charge in [-0.05, 0) is 60.4 Å². The first kappa shape index (κ1) is 24.6. The second kappa shape index (κ2) is 10.9. The number of thioether (sulfide) groups is 1. The van der Waals surface area contributed by atoms with Crippen LogP contribution in [-0.2, 0) is 29.6 Å². The highest BCUT2D eigenvalue weighted by Crippen LogP contribution is 2.34. The molecule has 184 valence electrons. The summed E-state index contributed by atoms with van der Waals surface area (Å²) in [5.74, 6) is 1.49. The molecule has 4 aromatic carbocycles. The van der Waals surface area contributed by atoms with E-state index in [1.54, 1.807) is 28.2 Å². The second-order valence-electron chi connectivity index (χ2n) is 9.06. The van der Waals surface area contributed by atoms with Crippen molar-refractivity contribution in [3.8, 4) is 5.75 Å². The van der Waals surface area contributed by atoms with Crippen molar-refractivity contribution in [3.05, 3.63) is 125 Å². The van der Waals surface area contributed by atoms with Crippen LogP contribution in [0.15, 0.2) is 113 Å². The van der Waals surface area contributed by atoms with Gasteiger partial charge in [0.2, 0.25) is 10.0 Å². The minimum absolute atomic E-state index is 0.176. The van der Waals surface area contributed by atoms with Crippen LogP contribution in [0.25, 0.3) is 0 Å². The number of rotatable bonds is 7. The van der Waals surface area contributed by atoms with E-state index in [0.29, 0.717) is 30.2 Å². The van der Waals surface area contributed by atoms with Crippen LogP contribution in [0.4, 0.5) is 0 Å². The Morgan fingerprint density at radius 3 is 2.28 bits per heavy atom. The summed E-state index contributed by atoms with van der Waals surface area (Å²) in [6, 6.07) is 33.2. The van der Waals surface area contributed by atoms with Gasteiger partial charge in [0.15, 0.2) is 0 Å². The van der Waals surface area contributed by atoms with Gasteiger partial charge in [0.05, 0.1) is 4.90 Å². The van der Waals surface area contributed by atoms with Gasteiger partial charge in [-0.15, -0.1) is 11.8 Å². The van der Waals surface area contributed by atoms with Crippen molar-refractivity contribution in [1.82, 2.24) is 4.31 Å². The van der Waals surface area contributed by atoms with Crippen LogP contribution in [0.1, 0.15) is 22.3 Å². The molecule has 1 aliphatic heterocycles. The standard InChI is InChI=1S/C30H29NO3S2/c1-23-11-17-29(18-12-23)36(32,33)31-20-26-9-5-6-10-30(26)35-22-27(31)19-24-13-15-28(16-14-24)34-21-25-7-3-2-4-8-25/h2-18,27H,19-22H2,1H3/t27-/m0/s1. The fourth-order valence-electron chi connectivity index (χ4n) is 4.36. The fourth-order valence-corrected chi connectivity index (χ4v) is 7.22. The Morgan fingerprint density at radius 2 is 1.53 bits per heavy atom. The molecule has 0 saturated carbocycles. The highest BCUT2D eigenvalue weighted by molar-refractivity contribution is 7.99. The van der Waals surface area contributed by atoms with Crippen LogP contribution < -0.4 is 4.74 Å². The Kier molecular flexibility index (Phi) is 7.46. The molecule has 0 bridgehead atoms. The van der Waals surface area contributed by atoms with Gasteiger partial charge in [0.25, 0.3) is 0 Å². The van der Waals surface area contributed by atoms with E-state index in [1.165, 1.54) is 0 Å². The monoisotopic (exact) mass is 515 g/mol. The zero-order valence-corrected chi connectivity index (χ0v) is 21.8. The summed E-state index contributed by atoms with van der Waals surface area (Å²) in [5, 5.41) is 0. The minimum atomic E-state index is -3.67. The van der Waals surface area contributed by atoms with Gasteiger partial charge in [0.1, 0.15) is 12.4 Å². The van der Waals surface area contributed by atoms with Crippen LogP contribution in [0.5, 0.6) is 5.75 Å². The van der Waals surface area contributed by atoms with Gasteiger partial charge in [0, 0.05) is 23.2 Å². The van der Waals surface area contributed by atoms with Gasteiger partial charge in [-0.25, -0.2) is 8.42 Å². The third-order valence-corrected chi connectivity index (χ3v) is 9.58. The first-order valence-corrected chi connectivity index (χ1v) is 14.5. The molecule has 0 spiro atoms. The Bertz CT molecular complexity index is 1400. The van der Waals surface area contributed by atoms with Gasteiger partial charge < -0.3 is 4.74 Å². The van der Waals surface area contributed by atoms with E-state index >= 15 is 0 Å². The van der Waals surface area contributed by atoms with Crippen molar-refractivity contribution in [2.45, 2.75) is 42.3 Å². The van der Waals surface area contributed by atoms with Crippen LogP contribution in [0, 0.1) is 6.92 Å². The lowest BCUT2D eigenvalue weighted by Gasteiger charge is -2.29. The van der Waals surface area contributed by atoms with Crippen LogP contribution in [-0.4, -0.2) is 24.5 Å². The lowest BCUT2D eigenvalue weighted by Crippen LogP contribution is -2.41. The first-order chi connectivity index (χ1) is 17.5. The highest BCUT2D eigenvalue weighted by atomic mass is 32.2. The van der Waals surface area contributed by atoms with Crippen LogP contribution in [0.2, 0.25) is 0 Å². The molecule has 1 aliphatic rings. The SMILES string of the molecule is Cc1ccc(S(=O)(=O)N2Cc3ccccc3SC[C@@H]2Cc2ccc(OCc3ccccc3)cc2)cc1. The molecular formula is C30H29NO3S2. The number of benzene rings is 4. The van der Waals surface area contributed by atoms with Crippen molar-refractivity contribution >= 4 is 21.8 Å². The van der Waals surface area contributed by atoms with Crippen molar-refractivity contribution < 1.29 is 13.2 Å². The topological polar surface area (TPSA) is 46.6 Å². The molecule has 6 heteroatoms. The Hall–Kier alpha value is -3.06. The minimum Gasteiger partial charge on any atom is -0.489 e. The molecule has 1 atom stereocenters. The zero-order valence-electron chi connectivity index (χ0n) is 20.2. The molecule has 0 amide bonds. The maximum absolute atomic E-state index is 13.8. The Labute approximate surface area is 218 Å². The Morgan fingerprint density at radius 1 is 0.833 bits per heavy atom. The summed E-state index contributed by atoms with van der Waals surface area (Å²) in [7, 11) is -3.67. The lowest BCUT2D eigenvalue weighted by atomic mass is 10.1. The predicted molar refractivity (Wildman–Crippen MR) is 146 cm³/mol. The molecule has 1 heterocycles. The smallest absolute Gasteiger partial charge is 0.243 e. The summed E-state index contributed by atoms with van der Waals surface area (Å²) in [6.07, 6.45) is 0.630. The van der Waals surface area contributed by atoms with Crippen LogP contribution in [0.3, 0.4) is 0 Å². The quantitative estimate of drug-likeness (QED) is 0.283. The average Bonchev–Trinajstić information content (AvgIpc) is 3.09. The van der Waals surface area contributed by atoms with Gasteiger partial charge in [-0.3, -0.25) is 0 Å². The van der Waals surface area contributed by atoms with E-state index in [-0.39, 0.29) is 6.04 Å². The molecule has 5 rings (SSSR count). The maximum atomic E-state index is 13.8. The number of sulfonamides is 1. The molecule has 4 aromatic rings. The molecule has 36 heavy (non-hydrogen) atoms. The third kappa shape index (κ3) is 5.67. The molecule has 0 radical (unpaired) electrons. The predicted octanol–water partition coefficient (Wildman–Crippen LogP) is 6.48. The molecule has 0 fully saturated rings. The van der Waals surface area contributed by atoms with Crippen molar-refractivity contribution in [2.75, 3.05) is 5.75 Å². The van der Waals surface area contributed by atoms with Crippen molar-refractivity contribution in [3.63, 3.8) is 0 Å². The number of fused-ring (bicyclic) bond motifs is 1.